The molecule has 0 saturated heterocycles. The van der Waals surface area contributed by atoms with Crippen LogP contribution in [-0.4, -0.2) is 13.6 Å². The van der Waals surface area contributed by atoms with Gasteiger partial charge in [0.2, 0.25) is 0 Å². The highest BCUT2D eigenvalue weighted by molar-refractivity contribution is 5.63. The minimum absolute atomic E-state index is 1.09. The summed E-state index contributed by atoms with van der Waals surface area (Å²) < 4.78 is 0. The molecule has 0 aliphatic carbocycles. The molecule has 58 valence electrons. The largest absolute Gasteiger partial charge is 0.388 e. The van der Waals surface area contributed by atoms with E-state index in [2.05, 4.69) is 28.8 Å². The lowest BCUT2D eigenvalue weighted by molar-refractivity contribution is 1.11. The maximum Gasteiger partial charge on any atom is 0.0394 e. The second-order valence-corrected chi connectivity index (χ2v) is 2.80. The van der Waals surface area contributed by atoms with E-state index < -0.39 is 0 Å². The van der Waals surface area contributed by atoms with Crippen molar-refractivity contribution >= 4 is 11.4 Å². The van der Waals surface area contributed by atoms with Crippen LogP contribution in [0.2, 0.25) is 0 Å². The zero-order valence-electron chi connectivity index (χ0n) is 6.65. The molecule has 0 bridgehead atoms. The predicted octanol–water partition coefficient (Wildman–Crippen LogP) is 1.70. The van der Waals surface area contributed by atoms with E-state index >= 15 is 0 Å². The molecule has 2 rings (SSSR count). The van der Waals surface area contributed by atoms with Crippen LogP contribution in [0.1, 0.15) is 5.56 Å². The topological polar surface area (TPSA) is 24.1 Å². The van der Waals surface area contributed by atoms with Crippen LogP contribution in [0.25, 0.3) is 0 Å². The van der Waals surface area contributed by atoms with E-state index in [1.54, 1.807) is 0 Å². The Morgan fingerprint density at radius 2 is 2.36 bits per heavy atom. The van der Waals surface area contributed by atoms with Crippen molar-refractivity contribution in [3.8, 4) is 0 Å². The summed E-state index contributed by atoms with van der Waals surface area (Å²) >= 11 is 0. The number of anilines is 2. The zero-order chi connectivity index (χ0) is 7.68. The first kappa shape index (κ1) is 6.53. The van der Waals surface area contributed by atoms with Gasteiger partial charge in [-0.05, 0) is 24.1 Å². The molecule has 2 N–H and O–H groups in total. The number of hydrogen-bond acceptors (Lipinski definition) is 2. The van der Waals surface area contributed by atoms with Gasteiger partial charge in [0.05, 0.1) is 0 Å². The normalized spacial score (nSPS) is 13.9. The third kappa shape index (κ3) is 1.04. The number of rotatable bonds is 1. The molecule has 2 heteroatoms. The molecule has 2 nitrogen and oxygen atoms in total. The first-order valence-corrected chi connectivity index (χ1v) is 3.95. The molecule has 0 atom stereocenters. The molecule has 0 fully saturated rings. The molecule has 0 spiro atoms. The molecule has 0 radical (unpaired) electrons. The van der Waals surface area contributed by atoms with Crippen molar-refractivity contribution in [2.45, 2.75) is 6.42 Å². The molecule has 0 unspecified atom stereocenters. The van der Waals surface area contributed by atoms with Crippen molar-refractivity contribution in [3.63, 3.8) is 0 Å². The Morgan fingerprint density at radius 1 is 1.45 bits per heavy atom. The summed E-state index contributed by atoms with van der Waals surface area (Å²) in [6.07, 6.45) is 1.17. The van der Waals surface area contributed by atoms with Gasteiger partial charge in [-0.3, -0.25) is 0 Å². The van der Waals surface area contributed by atoms with E-state index in [0.717, 1.165) is 6.54 Å². The Labute approximate surface area is 66.6 Å². The maximum atomic E-state index is 3.33. The minimum Gasteiger partial charge on any atom is -0.388 e. The monoisotopic (exact) mass is 148 g/mol. The molecule has 0 aromatic heterocycles. The van der Waals surface area contributed by atoms with Crippen LogP contribution in [0.15, 0.2) is 18.2 Å². The summed E-state index contributed by atoms with van der Waals surface area (Å²) in [5, 5.41) is 6.45. The van der Waals surface area contributed by atoms with Gasteiger partial charge in [-0.25, -0.2) is 0 Å². The first-order chi connectivity index (χ1) is 5.40. The summed E-state index contributed by atoms with van der Waals surface area (Å²) in [6, 6.07) is 6.45. The SMILES string of the molecule is CNc1ccc2c(c1)NCC2. The fourth-order valence-electron chi connectivity index (χ4n) is 1.45. The summed E-state index contributed by atoms with van der Waals surface area (Å²) in [6.45, 7) is 1.09. The first-order valence-electron chi connectivity index (χ1n) is 3.95. The maximum absolute atomic E-state index is 3.33. The zero-order valence-corrected chi connectivity index (χ0v) is 6.65. The van der Waals surface area contributed by atoms with Crippen LogP contribution < -0.4 is 10.6 Å². The van der Waals surface area contributed by atoms with Crippen LogP contribution in [0.5, 0.6) is 0 Å². The third-order valence-electron chi connectivity index (χ3n) is 2.11. The average Bonchev–Trinajstić information content (AvgIpc) is 2.50. The standard InChI is InChI=1S/C9H12N2/c1-10-8-3-2-7-4-5-11-9(7)6-8/h2-3,6,10-11H,4-5H2,1H3. The lowest BCUT2D eigenvalue weighted by Crippen LogP contribution is -1.92. The van der Waals surface area contributed by atoms with E-state index in [4.69, 9.17) is 0 Å². The van der Waals surface area contributed by atoms with Crippen molar-refractivity contribution < 1.29 is 0 Å². The fraction of sp³-hybridized carbons (Fsp3) is 0.333. The predicted molar refractivity (Wildman–Crippen MR) is 48.2 cm³/mol. The molecule has 1 aliphatic heterocycles. The Balaban J connectivity index is 2.41. The number of benzene rings is 1. The highest BCUT2D eigenvalue weighted by atomic mass is 14.9. The lowest BCUT2D eigenvalue weighted by atomic mass is 10.1. The Morgan fingerprint density at radius 3 is 3.18 bits per heavy atom. The van der Waals surface area contributed by atoms with Gasteiger partial charge >= 0.3 is 0 Å². The quantitative estimate of drug-likeness (QED) is 0.633. The molecule has 1 heterocycles. The van der Waals surface area contributed by atoms with Crippen LogP contribution in [0, 0.1) is 0 Å². The van der Waals surface area contributed by atoms with Crippen molar-refractivity contribution in [1.82, 2.24) is 0 Å². The molecule has 1 aliphatic rings. The van der Waals surface area contributed by atoms with Gasteiger partial charge in [-0.15, -0.1) is 0 Å². The summed E-state index contributed by atoms with van der Waals surface area (Å²) in [5.74, 6) is 0. The molecule has 0 saturated carbocycles. The summed E-state index contributed by atoms with van der Waals surface area (Å²) in [5.41, 5.74) is 3.90. The smallest absolute Gasteiger partial charge is 0.0394 e. The molecule has 1 aromatic rings. The molecular weight excluding hydrogens is 136 g/mol. The van der Waals surface area contributed by atoms with Crippen LogP contribution in [-0.2, 0) is 6.42 Å². The highest BCUT2D eigenvalue weighted by Crippen LogP contribution is 2.24. The highest BCUT2D eigenvalue weighted by Gasteiger charge is 2.08. The Hall–Kier alpha value is -1.18. The Bertz CT molecular complexity index is 268. The van der Waals surface area contributed by atoms with Gasteiger partial charge in [0, 0.05) is 25.0 Å². The fourth-order valence-corrected chi connectivity index (χ4v) is 1.45. The van der Waals surface area contributed by atoms with E-state index in [1.807, 2.05) is 7.05 Å². The summed E-state index contributed by atoms with van der Waals surface area (Å²) in [4.78, 5) is 0. The number of nitrogens with one attached hydrogen (secondary N) is 2. The van der Waals surface area contributed by atoms with Crippen LogP contribution in [0.4, 0.5) is 11.4 Å². The van der Waals surface area contributed by atoms with E-state index in [0.29, 0.717) is 0 Å². The van der Waals surface area contributed by atoms with Gasteiger partial charge in [0.15, 0.2) is 0 Å². The molecule has 0 amide bonds. The summed E-state index contributed by atoms with van der Waals surface area (Å²) in [7, 11) is 1.94. The van der Waals surface area contributed by atoms with E-state index in [9.17, 15) is 0 Å². The van der Waals surface area contributed by atoms with E-state index in [-0.39, 0.29) is 0 Å². The minimum atomic E-state index is 1.09. The van der Waals surface area contributed by atoms with Crippen LogP contribution >= 0.6 is 0 Å². The van der Waals surface area contributed by atoms with Gasteiger partial charge in [-0.2, -0.15) is 0 Å². The van der Waals surface area contributed by atoms with Gasteiger partial charge in [-0.1, -0.05) is 6.07 Å². The Kier molecular flexibility index (Phi) is 1.46. The second-order valence-electron chi connectivity index (χ2n) is 2.80. The number of fused-ring (bicyclic) bond motifs is 1. The van der Waals surface area contributed by atoms with Gasteiger partial charge < -0.3 is 10.6 Å². The second kappa shape index (κ2) is 2.46. The van der Waals surface area contributed by atoms with E-state index in [1.165, 1.54) is 23.4 Å². The van der Waals surface area contributed by atoms with Gasteiger partial charge in [0.1, 0.15) is 0 Å². The van der Waals surface area contributed by atoms with Crippen molar-refractivity contribution in [3.05, 3.63) is 23.8 Å². The average molecular weight is 148 g/mol. The number of hydrogen-bond donors (Lipinski definition) is 2. The van der Waals surface area contributed by atoms with Crippen molar-refractivity contribution in [1.29, 1.82) is 0 Å². The van der Waals surface area contributed by atoms with Gasteiger partial charge in [0.25, 0.3) is 0 Å². The van der Waals surface area contributed by atoms with Crippen molar-refractivity contribution in [2.75, 3.05) is 24.2 Å². The molecule has 11 heavy (non-hydrogen) atoms. The lowest BCUT2D eigenvalue weighted by Gasteiger charge is -2.03. The van der Waals surface area contributed by atoms with Crippen molar-refractivity contribution in [2.24, 2.45) is 0 Å². The molecule has 1 aromatic carbocycles. The van der Waals surface area contributed by atoms with Crippen LogP contribution in [0.3, 0.4) is 0 Å². The third-order valence-corrected chi connectivity index (χ3v) is 2.11. The molecular formula is C9H12N2.